The molecule has 1 fully saturated rings. The molecule has 23 heavy (non-hydrogen) atoms. The molecule has 0 bridgehead atoms. The van der Waals surface area contributed by atoms with Gasteiger partial charge in [0, 0.05) is 31.4 Å². The van der Waals surface area contributed by atoms with Gasteiger partial charge in [-0.15, -0.1) is 0 Å². The third kappa shape index (κ3) is 4.92. The van der Waals surface area contributed by atoms with Crippen molar-refractivity contribution in [2.24, 2.45) is 5.92 Å². The Morgan fingerprint density at radius 2 is 2.00 bits per heavy atom. The van der Waals surface area contributed by atoms with E-state index in [1.165, 1.54) is 12.1 Å². The van der Waals surface area contributed by atoms with Crippen molar-refractivity contribution in [2.75, 3.05) is 13.2 Å². The number of rotatable bonds is 5. The first kappa shape index (κ1) is 17.2. The topological polar surface area (TPSA) is 93.5 Å². The van der Waals surface area contributed by atoms with Crippen molar-refractivity contribution in [1.29, 1.82) is 0 Å². The van der Waals surface area contributed by atoms with E-state index in [1.54, 1.807) is 19.1 Å². The molecule has 1 aromatic carbocycles. The highest BCUT2D eigenvalue weighted by molar-refractivity contribution is 5.74. The largest absolute Gasteiger partial charge is 0.381 e. The summed E-state index contributed by atoms with van der Waals surface area (Å²) in [5.74, 6) is 0.419. The molecule has 0 saturated carbocycles. The Morgan fingerprint density at radius 3 is 2.65 bits per heavy atom. The Bertz CT molecular complexity index is 558. The zero-order chi connectivity index (χ0) is 16.8. The molecular formula is C16H23N3O4. The van der Waals surface area contributed by atoms with Crippen molar-refractivity contribution in [3.8, 4) is 0 Å². The zero-order valence-electron chi connectivity index (χ0n) is 13.5. The summed E-state index contributed by atoms with van der Waals surface area (Å²) in [5.41, 5.74) is 0.722. The summed E-state index contributed by atoms with van der Waals surface area (Å²) < 4.78 is 5.32. The van der Waals surface area contributed by atoms with Gasteiger partial charge in [0.1, 0.15) is 0 Å². The van der Waals surface area contributed by atoms with E-state index in [0.717, 1.165) is 26.1 Å². The van der Waals surface area contributed by atoms with Gasteiger partial charge in [-0.2, -0.15) is 0 Å². The molecule has 2 rings (SSSR count). The highest BCUT2D eigenvalue weighted by Crippen LogP contribution is 2.20. The number of nitrogens with one attached hydrogen (secondary N) is 2. The lowest BCUT2D eigenvalue weighted by Gasteiger charge is -2.28. The van der Waals surface area contributed by atoms with Gasteiger partial charge in [-0.1, -0.05) is 12.1 Å². The Kier molecular flexibility index (Phi) is 5.92. The molecule has 7 heteroatoms. The van der Waals surface area contributed by atoms with E-state index in [1.807, 2.05) is 6.92 Å². The quantitative estimate of drug-likeness (QED) is 0.644. The number of hydrogen-bond donors (Lipinski definition) is 2. The van der Waals surface area contributed by atoms with Crippen LogP contribution in [0.3, 0.4) is 0 Å². The van der Waals surface area contributed by atoms with Gasteiger partial charge >= 0.3 is 6.03 Å². The number of hydrogen-bond acceptors (Lipinski definition) is 4. The van der Waals surface area contributed by atoms with E-state index in [4.69, 9.17) is 4.74 Å². The maximum atomic E-state index is 12.1. The van der Waals surface area contributed by atoms with Gasteiger partial charge in [0.05, 0.1) is 11.0 Å². The molecule has 0 aromatic heterocycles. The molecule has 1 aliphatic rings. The minimum Gasteiger partial charge on any atom is -0.381 e. The van der Waals surface area contributed by atoms with Crippen molar-refractivity contribution in [3.05, 3.63) is 39.9 Å². The number of non-ortho nitro benzene ring substituents is 1. The molecule has 2 amide bonds. The molecule has 1 aromatic rings. The molecule has 7 nitrogen and oxygen atoms in total. The first-order valence-corrected chi connectivity index (χ1v) is 7.86. The minimum absolute atomic E-state index is 0.0205. The summed E-state index contributed by atoms with van der Waals surface area (Å²) in [6.07, 6.45) is 1.89. The molecule has 126 valence electrons. The minimum atomic E-state index is -0.441. The van der Waals surface area contributed by atoms with Crippen LogP contribution >= 0.6 is 0 Å². The lowest BCUT2D eigenvalue weighted by Crippen LogP contribution is -2.45. The SMILES string of the molecule is C[C@H](NC(=O)N[C@@H](C)C1CCOCC1)c1cccc([N+](=O)[O-])c1. The first-order valence-electron chi connectivity index (χ1n) is 7.86. The van der Waals surface area contributed by atoms with E-state index in [0.29, 0.717) is 11.5 Å². The number of carbonyl (C=O) groups is 1. The predicted molar refractivity (Wildman–Crippen MR) is 86.2 cm³/mol. The van der Waals surface area contributed by atoms with Crippen LogP contribution in [0.25, 0.3) is 0 Å². The zero-order valence-corrected chi connectivity index (χ0v) is 13.5. The third-order valence-electron chi connectivity index (χ3n) is 4.26. The molecule has 0 radical (unpaired) electrons. The third-order valence-corrected chi connectivity index (χ3v) is 4.26. The number of urea groups is 1. The number of amides is 2. The fraction of sp³-hybridized carbons (Fsp3) is 0.562. The molecule has 2 atom stereocenters. The number of nitro groups is 1. The lowest BCUT2D eigenvalue weighted by atomic mass is 9.93. The van der Waals surface area contributed by atoms with Gasteiger partial charge in [-0.3, -0.25) is 10.1 Å². The second kappa shape index (κ2) is 7.92. The van der Waals surface area contributed by atoms with Gasteiger partial charge < -0.3 is 15.4 Å². The van der Waals surface area contributed by atoms with Crippen LogP contribution in [0.1, 0.15) is 38.3 Å². The summed E-state index contributed by atoms with van der Waals surface area (Å²) in [4.78, 5) is 22.5. The van der Waals surface area contributed by atoms with Crippen LogP contribution in [0, 0.1) is 16.0 Å². The number of carbonyl (C=O) groups excluding carboxylic acids is 1. The molecular weight excluding hydrogens is 298 g/mol. The average Bonchev–Trinajstić information content (AvgIpc) is 2.55. The van der Waals surface area contributed by atoms with Gasteiger partial charge in [0.25, 0.3) is 5.69 Å². The first-order chi connectivity index (χ1) is 11.0. The Balaban J connectivity index is 1.88. The second-order valence-corrected chi connectivity index (χ2v) is 5.93. The summed E-state index contributed by atoms with van der Waals surface area (Å²) in [7, 11) is 0. The van der Waals surface area contributed by atoms with Gasteiger partial charge in [0.2, 0.25) is 0 Å². The Hall–Kier alpha value is -2.15. The molecule has 1 aliphatic heterocycles. The number of nitrogens with zero attached hydrogens (tertiary/aromatic N) is 1. The van der Waals surface area contributed by atoms with Crippen molar-refractivity contribution < 1.29 is 14.5 Å². The van der Waals surface area contributed by atoms with E-state index in [-0.39, 0.29) is 23.8 Å². The van der Waals surface area contributed by atoms with Crippen LogP contribution in [0.15, 0.2) is 24.3 Å². The van der Waals surface area contributed by atoms with Crippen molar-refractivity contribution in [3.63, 3.8) is 0 Å². The maximum Gasteiger partial charge on any atom is 0.315 e. The summed E-state index contributed by atoms with van der Waals surface area (Å²) in [6.45, 7) is 5.27. The maximum absolute atomic E-state index is 12.1. The summed E-state index contributed by atoms with van der Waals surface area (Å²) in [6, 6.07) is 5.79. The van der Waals surface area contributed by atoms with Crippen molar-refractivity contribution in [1.82, 2.24) is 10.6 Å². The normalized spacial score (nSPS) is 18.0. The fourth-order valence-electron chi connectivity index (χ4n) is 2.77. The van der Waals surface area contributed by atoms with E-state index >= 15 is 0 Å². The molecule has 1 saturated heterocycles. The van der Waals surface area contributed by atoms with E-state index < -0.39 is 4.92 Å². The van der Waals surface area contributed by atoms with Crippen LogP contribution in [-0.2, 0) is 4.74 Å². The van der Waals surface area contributed by atoms with Crippen LogP contribution in [0.5, 0.6) is 0 Å². The summed E-state index contributed by atoms with van der Waals surface area (Å²) in [5, 5.41) is 16.6. The van der Waals surface area contributed by atoms with Crippen LogP contribution in [0.4, 0.5) is 10.5 Å². The number of ether oxygens (including phenoxy) is 1. The predicted octanol–water partition coefficient (Wildman–Crippen LogP) is 2.77. The summed E-state index contributed by atoms with van der Waals surface area (Å²) >= 11 is 0. The van der Waals surface area contributed by atoms with Crippen molar-refractivity contribution >= 4 is 11.7 Å². The average molecular weight is 321 g/mol. The van der Waals surface area contributed by atoms with E-state index in [9.17, 15) is 14.9 Å². The van der Waals surface area contributed by atoms with E-state index in [2.05, 4.69) is 10.6 Å². The molecule has 0 unspecified atom stereocenters. The number of benzene rings is 1. The fourth-order valence-corrected chi connectivity index (χ4v) is 2.77. The van der Waals surface area contributed by atoms with Gasteiger partial charge in [-0.25, -0.2) is 4.79 Å². The molecule has 1 heterocycles. The Morgan fingerprint density at radius 1 is 1.30 bits per heavy atom. The highest BCUT2D eigenvalue weighted by atomic mass is 16.6. The molecule has 0 spiro atoms. The number of nitro benzene ring substituents is 1. The van der Waals surface area contributed by atoms with Crippen LogP contribution in [-0.4, -0.2) is 30.2 Å². The van der Waals surface area contributed by atoms with Crippen molar-refractivity contribution in [2.45, 2.75) is 38.8 Å². The van der Waals surface area contributed by atoms with Crippen LogP contribution < -0.4 is 10.6 Å². The standard InChI is InChI=1S/C16H23N3O4/c1-11(13-6-8-23-9-7-13)17-16(20)18-12(2)14-4-3-5-15(10-14)19(21)22/h3-5,10-13H,6-9H2,1-2H3,(H2,17,18,20)/t11-,12-/m0/s1. The molecule has 0 aliphatic carbocycles. The monoisotopic (exact) mass is 321 g/mol. The highest BCUT2D eigenvalue weighted by Gasteiger charge is 2.22. The van der Waals surface area contributed by atoms with Gasteiger partial charge in [0.15, 0.2) is 0 Å². The Labute approximate surface area is 135 Å². The smallest absolute Gasteiger partial charge is 0.315 e. The van der Waals surface area contributed by atoms with Gasteiger partial charge in [-0.05, 0) is 38.2 Å². The second-order valence-electron chi connectivity index (χ2n) is 5.93. The van der Waals surface area contributed by atoms with Crippen LogP contribution in [0.2, 0.25) is 0 Å². The molecule has 2 N–H and O–H groups in total. The lowest BCUT2D eigenvalue weighted by molar-refractivity contribution is -0.384.